The molecule has 1 amide bonds. The summed E-state index contributed by atoms with van der Waals surface area (Å²) in [5, 5.41) is 2.78. The Kier molecular flexibility index (Phi) is 5.36. The first kappa shape index (κ1) is 19.0. The van der Waals surface area contributed by atoms with E-state index in [0.29, 0.717) is 16.8 Å². The van der Waals surface area contributed by atoms with E-state index in [1.807, 2.05) is 36.4 Å². The predicted octanol–water partition coefficient (Wildman–Crippen LogP) is 4.59. The van der Waals surface area contributed by atoms with Crippen molar-refractivity contribution in [2.45, 2.75) is 13.8 Å². The van der Waals surface area contributed by atoms with Crippen LogP contribution in [0.25, 0.3) is 11.1 Å². The van der Waals surface area contributed by atoms with Gasteiger partial charge in [-0.25, -0.2) is 0 Å². The average molecular weight is 372 g/mol. The van der Waals surface area contributed by atoms with Crippen LogP contribution in [0.3, 0.4) is 0 Å². The van der Waals surface area contributed by atoms with Crippen LogP contribution in [0.1, 0.15) is 44.9 Å². The first-order valence-electron chi connectivity index (χ1n) is 8.79. The summed E-state index contributed by atoms with van der Waals surface area (Å²) < 4.78 is 0. The average Bonchev–Trinajstić information content (AvgIpc) is 2.68. The molecule has 0 spiro atoms. The van der Waals surface area contributed by atoms with E-state index in [4.69, 9.17) is 5.73 Å². The Hall–Kier alpha value is -3.73. The number of rotatable bonds is 5. The second kappa shape index (κ2) is 7.88. The summed E-state index contributed by atoms with van der Waals surface area (Å²) in [6, 6.07) is 19.5. The molecule has 0 heterocycles. The number of hydrogen-bond donors (Lipinski definition) is 2. The van der Waals surface area contributed by atoms with Gasteiger partial charge in [0, 0.05) is 16.8 Å². The van der Waals surface area contributed by atoms with Crippen molar-refractivity contribution in [2.24, 2.45) is 0 Å². The maximum Gasteiger partial charge on any atom is 0.257 e. The molecule has 3 N–H and O–H groups in total. The van der Waals surface area contributed by atoms with E-state index in [-0.39, 0.29) is 22.8 Å². The summed E-state index contributed by atoms with van der Waals surface area (Å²) in [5.74, 6) is -0.733. The van der Waals surface area contributed by atoms with Gasteiger partial charge in [-0.3, -0.25) is 14.4 Å². The number of ketones is 2. The largest absolute Gasteiger partial charge is 0.398 e. The van der Waals surface area contributed by atoms with Crippen LogP contribution in [-0.2, 0) is 0 Å². The van der Waals surface area contributed by atoms with Crippen molar-refractivity contribution < 1.29 is 14.4 Å². The molecule has 3 aromatic carbocycles. The van der Waals surface area contributed by atoms with Gasteiger partial charge >= 0.3 is 0 Å². The molecule has 0 radical (unpaired) electrons. The Labute approximate surface area is 163 Å². The molecule has 0 bridgehead atoms. The number of carbonyl (C=O) groups excluding carboxylic acids is 3. The molecule has 5 heteroatoms. The maximum absolute atomic E-state index is 12.8. The van der Waals surface area contributed by atoms with Crippen molar-refractivity contribution in [3.63, 3.8) is 0 Å². The highest BCUT2D eigenvalue weighted by Crippen LogP contribution is 2.27. The van der Waals surface area contributed by atoms with Crippen molar-refractivity contribution in [3.05, 3.63) is 83.4 Å². The summed E-state index contributed by atoms with van der Waals surface area (Å²) in [4.78, 5) is 36.2. The van der Waals surface area contributed by atoms with Crippen LogP contribution in [0.5, 0.6) is 0 Å². The van der Waals surface area contributed by atoms with Crippen molar-refractivity contribution in [3.8, 4) is 11.1 Å². The van der Waals surface area contributed by atoms with Crippen LogP contribution >= 0.6 is 0 Å². The Morgan fingerprint density at radius 3 is 2.04 bits per heavy atom. The van der Waals surface area contributed by atoms with Crippen molar-refractivity contribution in [1.82, 2.24) is 0 Å². The molecule has 0 aliphatic carbocycles. The molecule has 0 saturated carbocycles. The third kappa shape index (κ3) is 3.99. The van der Waals surface area contributed by atoms with Crippen LogP contribution in [0, 0.1) is 0 Å². The number of carbonyl (C=O) groups is 3. The predicted molar refractivity (Wildman–Crippen MR) is 111 cm³/mol. The molecule has 0 aliphatic heterocycles. The van der Waals surface area contributed by atoms with Crippen LogP contribution < -0.4 is 11.1 Å². The first-order valence-corrected chi connectivity index (χ1v) is 8.79. The van der Waals surface area contributed by atoms with E-state index in [1.54, 1.807) is 18.2 Å². The van der Waals surface area contributed by atoms with Gasteiger partial charge in [0.1, 0.15) is 0 Å². The zero-order valence-corrected chi connectivity index (χ0v) is 15.7. The van der Waals surface area contributed by atoms with Gasteiger partial charge in [-0.05, 0) is 49.2 Å². The second-order valence-electron chi connectivity index (χ2n) is 6.49. The fraction of sp³-hybridized carbons (Fsp3) is 0.0870. The molecule has 3 aromatic rings. The minimum atomic E-state index is -0.444. The molecule has 3 rings (SSSR count). The van der Waals surface area contributed by atoms with Gasteiger partial charge < -0.3 is 11.1 Å². The standard InChI is InChI=1S/C23H20N2O3/c1-14(26)17-8-11-20(21(24)12-17)23(28)25-22-13-18(9-10-19(22)15(2)27)16-6-4-3-5-7-16/h3-13H,24H2,1-2H3,(H,25,28). The summed E-state index contributed by atoms with van der Waals surface area (Å²) in [7, 11) is 0. The third-order valence-electron chi connectivity index (χ3n) is 4.46. The van der Waals surface area contributed by atoms with Gasteiger partial charge in [0.15, 0.2) is 11.6 Å². The summed E-state index contributed by atoms with van der Waals surface area (Å²) in [5.41, 5.74) is 9.50. The molecule has 0 unspecified atom stereocenters. The topological polar surface area (TPSA) is 89.3 Å². The van der Waals surface area contributed by atoms with Gasteiger partial charge in [-0.1, -0.05) is 42.5 Å². The first-order chi connectivity index (χ1) is 13.4. The van der Waals surface area contributed by atoms with Crippen LogP contribution in [0.4, 0.5) is 11.4 Å². The highest BCUT2D eigenvalue weighted by atomic mass is 16.2. The SMILES string of the molecule is CC(=O)c1ccc(C(=O)Nc2cc(-c3ccccc3)ccc2C(C)=O)c(N)c1. The minimum absolute atomic E-state index is 0.131. The molecular weight excluding hydrogens is 352 g/mol. The maximum atomic E-state index is 12.8. The number of benzene rings is 3. The van der Waals surface area contributed by atoms with Gasteiger partial charge in [-0.2, -0.15) is 0 Å². The fourth-order valence-electron chi connectivity index (χ4n) is 2.94. The third-order valence-corrected chi connectivity index (χ3v) is 4.46. The molecule has 0 fully saturated rings. The summed E-state index contributed by atoms with van der Waals surface area (Å²) in [6.07, 6.45) is 0. The lowest BCUT2D eigenvalue weighted by Gasteiger charge is -2.13. The molecule has 0 aromatic heterocycles. The number of nitrogens with two attached hydrogens (primary N) is 1. The number of anilines is 2. The summed E-state index contributed by atoms with van der Waals surface area (Å²) in [6.45, 7) is 2.88. The zero-order chi connectivity index (χ0) is 20.3. The molecule has 140 valence electrons. The van der Waals surface area contributed by atoms with Gasteiger partial charge in [0.2, 0.25) is 0 Å². The molecule has 5 nitrogen and oxygen atoms in total. The van der Waals surface area contributed by atoms with E-state index >= 15 is 0 Å². The number of nitrogens with one attached hydrogen (secondary N) is 1. The lowest BCUT2D eigenvalue weighted by Crippen LogP contribution is -2.16. The van der Waals surface area contributed by atoms with Gasteiger partial charge in [0.05, 0.1) is 11.3 Å². The smallest absolute Gasteiger partial charge is 0.257 e. The Balaban J connectivity index is 1.97. The zero-order valence-electron chi connectivity index (χ0n) is 15.7. The highest BCUT2D eigenvalue weighted by Gasteiger charge is 2.16. The molecule has 28 heavy (non-hydrogen) atoms. The number of nitrogen functional groups attached to an aromatic ring is 1. The highest BCUT2D eigenvalue weighted by molar-refractivity contribution is 6.12. The van der Waals surface area contributed by atoms with E-state index in [2.05, 4.69) is 5.32 Å². The van der Waals surface area contributed by atoms with Gasteiger partial charge in [0.25, 0.3) is 5.91 Å². The van der Waals surface area contributed by atoms with E-state index < -0.39 is 5.91 Å². The van der Waals surface area contributed by atoms with Crippen molar-refractivity contribution in [2.75, 3.05) is 11.1 Å². The Morgan fingerprint density at radius 1 is 0.750 bits per heavy atom. The molecular formula is C23H20N2O3. The Morgan fingerprint density at radius 2 is 1.43 bits per heavy atom. The van der Waals surface area contributed by atoms with Crippen molar-refractivity contribution in [1.29, 1.82) is 0 Å². The molecule has 0 aliphatic rings. The number of hydrogen-bond acceptors (Lipinski definition) is 4. The Bertz CT molecular complexity index is 1070. The normalized spacial score (nSPS) is 10.4. The minimum Gasteiger partial charge on any atom is -0.398 e. The molecule has 0 atom stereocenters. The lowest BCUT2D eigenvalue weighted by molar-refractivity contribution is 0.100. The monoisotopic (exact) mass is 372 g/mol. The molecule has 0 saturated heterocycles. The fourth-order valence-corrected chi connectivity index (χ4v) is 2.94. The number of Topliss-reactive ketones (excluding diaryl/α,β-unsaturated/α-hetero) is 2. The van der Waals surface area contributed by atoms with Crippen LogP contribution in [0.2, 0.25) is 0 Å². The van der Waals surface area contributed by atoms with Crippen LogP contribution in [-0.4, -0.2) is 17.5 Å². The van der Waals surface area contributed by atoms with Crippen molar-refractivity contribution >= 4 is 28.8 Å². The quantitative estimate of drug-likeness (QED) is 0.506. The van der Waals surface area contributed by atoms with E-state index in [1.165, 1.54) is 26.0 Å². The lowest BCUT2D eigenvalue weighted by atomic mass is 10.00. The second-order valence-corrected chi connectivity index (χ2v) is 6.49. The van der Waals surface area contributed by atoms with E-state index in [9.17, 15) is 14.4 Å². The number of amides is 1. The summed E-state index contributed by atoms with van der Waals surface area (Å²) >= 11 is 0. The van der Waals surface area contributed by atoms with Gasteiger partial charge in [-0.15, -0.1) is 0 Å². The van der Waals surface area contributed by atoms with E-state index in [0.717, 1.165) is 11.1 Å². The van der Waals surface area contributed by atoms with Crippen LogP contribution in [0.15, 0.2) is 66.7 Å².